The van der Waals surface area contributed by atoms with Gasteiger partial charge in [-0.05, 0) is 29.8 Å². The lowest BCUT2D eigenvalue weighted by atomic mass is 10.1. The van der Waals surface area contributed by atoms with E-state index in [-0.39, 0.29) is 18.5 Å². The lowest BCUT2D eigenvalue weighted by Gasteiger charge is -2.09. The Morgan fingerprint density at radius 3 is 2.44 bits per heavy atom. The first kappa shape index (κ1) is 18.7. The summed E-state index contributed by atoms with van der Waals surface area (Å²) < 4.78 is 7.00. The maximum Gasteiger partial charge on any atom is 0.239 e. The van der Waals surface area contributed by atoms with E-state index in [1.165, 1.54) is 0 Å². The van der Waals surface area contributed by atoms with Crippen molar-refractivity contribution in [3.05, 3.63) is 60.8 Å². The molecular formula is C21H24N4O2. The molecule has 1 amide bonds. The number of rotatable bonds is 7. The number of nitrogens with one attached hydrogen (secondary N) is 2. The molecule has 0 unspecified atom stereocenters. The fourth-order valence-electron chi connectivity index (χ4n) is 2.63. The molecule has 2 N–H and O–H groups in total. The van der Waals surface area contributed by atoms with Gasteiger partial charge in [-0.15, -0.1) is 5.10 Å². The molecule has 0 atom stereocenters. The summed E-state index contributed by atoms with van der Waals surface area (Å²) >= 11 is 0. The Bertz CT molecular complexity index is 886. The number of para-hydroxylation sites is 1. The number of ether oxygens (including phenoxy) is 1. The van der Waals surface area contributed by atoms with Gasteiger partial charge in [0.15, 0.2) is 5.82 Å². The maximum absolute atomic E-state index is 12.3. The van der Waals surface area contributed by atoms with Gasteiger partial charge in [-0.3, -0.25) is 4.79 Å². The fourth-order valence-corrected chi connectivity index (χ4v) is 2.63. The Morgan fingerprint density at radius 2 is 1.81 bits per heavy atom. The van der Waals surface area contributed by atoms with Crippen LogP contribution in [0.25, 0.3) is 16.8 Å². The Hall–Kier alpha value is -3.12. The van der Waals surface area contributed by atoms with Crippen LogP contribution in [0.15, 0.2) is 60.8 Å². The van der Waals surface area contributed by atoms with E-state index in [4.69, 9.17) is 4.74 Å². The molecule has 3 aromatic rings. The summed E-state index contributed by atoms with van der Waals surface area (Å²) in [5, 5.41) is 10.6. The topological polar surface area (TPSA) is 68.2 Å². The van der Waals surface area contributed by atoms with Crippen molar-refractivity contribution in [3.8, 4) is 22.6 Å². The van der Waals surface area contributed by atoms with Crippen molar-refractivity contribution in [2.24, 2.45) is 0 Å². The lowest BCUT2D eigenvalue weighted by Crippen LogP contribution is -2.32. The van der Waals surface area contributed by atoms with Crippen LogP contribution < -0.4 is 15.4 Å². The Kier molecular flexibility index (Phi) is 5.88. The van der Waals surface area contributed by atoms with E-state index in [1.807, 2.05) is 74.6 Å². The molecule has 1 aromatic heterocycles. The summed E-state index contributed by atoms with van der Waals surface area (Å²) in [5.41, 5.74) is 2.72. The Labute approximate surface area is 159 Å². The summed E-state index contributed by atoms with van der Waals surface area (Å²) in [5.74, 6) is 1.18. The fraction of sp³-hybridized carbons (Fsp3) is 0.238. The highest BCUT2D eigenvalue weighted by Gasteiger charge is 2.15. The maximum atomic E-state index is 12.3. The highest BCUT2D eigenvalue weighted by Crippen LogP contribution is 2.29. The third kappa shape index (κ3) is 4.74. The van der Waals surface area contributed by atoms with Crippen LogP contribution in [0.2, 0.25) is 0 Å². The molecule has 3 rings (SSSR count). The van der Waals surface area contributed by atoms with Gasteiger partial charge in [0.25, 0.3) is 0 Å². The minimum absolute atomic E-state index is 0.128. The quantitative estimate of drug-likeness (QED) is 0.673. The molecule has 0 fully saturated rings. The van der Waals surface area contributed by atoms with Gasteiger partial charge < -0.3 is 15.4 Å². The van der Waals surface area contributed by atoms with Gasteiger partial charge in [-0.25, -0.2) is 4.68 Å². The van der Waals surface area contributed by atoms with Crippen molar-refractivity contribution in [3.63, 3.8) is 0 Å². The molecule has 0 aliphatic heterocycles. The van der Waals surface area contributed by atoms with Crippen LogP contribution in [0.5, 0.6) is 5.75 Å². The van der Waals surface area contributed by atoms with Crippen LogP contribution in [0.3, 0.4) is 0 Å². The number of benzene rings is 2. The summed E-state index contributed by atoms with van der Waals surface area (Å²) in [7, 11) is 1.63. The lowest BCUT2D eigenvalue weighted by molar-refractivity contribution is -0.115. The number of hydrogen-bond donors (Lipinski definition) is 2. The van der Waals surface area contributed by atoms with Crippen LogP contribution in [0.1, 0.15) is 13.8 Å². The van der Waals surface area contributed by atoms with Crippen LogP contribution >= 0.6 is 0 Å². The second-order valence-corrected chi connectivity index (χ2v) is 6.48. The zero-order valence-electron chi connectivity index (χ0n) is 15.8. The molecule has 6 nitrogen and oxygen atoms in total. The van der Waals surface area contributed by atoms with Gasteiger partial charge >= 0.3 is 0 Å². The molecule has 0 aliphatic carbocycles. The first-order valence-corrected chi connectivity index (χ1v) is 8.89. The second kappa shape index (κ2) is 8.51. The zero-order chi connectivity index (χ0) is 19.2. The number of methoxy groups -OCH3 is 1. The standard InChI is InChI=1S/C21H24N4O2/c1-15(2)22-13-20(26)23-21-19(16-9-11-18(27-3)12-10-16)14-25(24-21)17-7-5-4-6-8-17/h4-12,14-15,22H,13H2,1-3H3,(H,23,24,26). The highest BCUT2D eigenvalue weighted by atomic mass is 16.5. The average molecular weight is 364 g/mol. The van der Waals surface area contributed by atoms with Gasteiger partial charge in [-0.1, -0.05) is 44.2 Å². The molecule has 0 saturated heterocycles. The number of hydrogen-bond acceptors (Lipinski definition) is 4. The zero-order valence-corrected chi connectivity index (χ0v) is 15.8. The minimum Gasteiger partial charge on any atom is -0.497 e. The molecule has 6 heteroatoms. The predicted octanol–water partition coefficient (Wildman–Crippen LogP) is 3.48. The number of nitrogens with zero attached hydrogens (tertiary/aromatic N) is 2. The number of aromatic nitrogens is 2. The van der Waals surface area contributed by atoms with E-state index in [0.29, 0.717) is 5.82 Å². The summed E-state index contributed by atoms with van der Waals surface area (Å²) in [6.07, 6.45) is 1.92. The van der Waals surface area contributed by atoms with Crippen LogP contribution in [0.4, 0.5) is 5.82 Å². The number of anilines is 1. The van der Waals surface area contributed by atoms with Crippen molar-refractivity contribution in [2.45, 2.75) is 19.9 Å². The molecular weight excluding hydrogens is 340 g/mol. The molecule has 0 radical (unpaired) electrons. The summed E-state index contributed by atoms with van der Waals surface area (Å²) in [6.45, 7) is 4.23. The number of amides is 1. The minimum atomic E-state index is -0.128. The normalized spacial score (nSPS) is 10.8. The molecule has 140 valence electrons. The van der Waals surface area contributed by atoms with E-state index in [2.05, 4.69) is 15.7 Å². The van der Waals surface area contributed by atoms with Gasteiger partial charge in [0, 0.05) is 17.8 Å². The van der Waals surface area contributed by atoms with Gasteiger partial charge in [0.2, 0.25) is 5.91 Å². The summed E-state index contributed by atoms with van der Waals surface area (Å²) in [6, 6.07) is 17.7. The predicted molar refractivity (Wildman–Crippen MR) is 107 cm³/mol. The first-order valence-electron chi connectivity index (χ1n) is 8.89. The SMILES string of the molecule is COc1ccc(-c2cn(-c3ccccc3)nc2NC(=O)CNC(C)C)cc1. The Morgan fingerprint density at radius 1 is 1.11 bits per heavy atom. The largest absolute Gasteiger partial charge is 0.497 e. The van der Waals surface area contributed by atoms with Crippen molar-refractivity contribution in [1.29, 1.82) is 0 Å². The van der Waals surface area contributed by atoms with Gasteiger partial charge in [-0.2, -0.15) is 0 Å². The van der Waals surface area contributed by atoms with Crippen molar-refractivity contribution < 1.29 is 9.53 Å². The monoisotopic (exact) mass is 364 g/mol. The number of carbonyl (C=O) groups is 1. The first-order chi connectivity index (χ1) is 13.1. The van der Waals surface area contributed by atoms with Crippen molar-refractivity contribution >= 4 is 11.7 Å². The molecule has 27 heavy (non-hydrogen) atoms. The second-order valence-electron chi connectivity index (χ2n) is 6.48. The molecule has 0 bridgehead atoms. The molecule has 0 saturated carbocycles. The van der Waals surface area contributed by atoms with E-state index in [0.717, 1.165) is 22.6 Å². The molecule has 0 aliphatic rings. The van der Waals surface area contributed by atoms with E-state index in [1.54, 1.807) is 11.8 Å². The molecule has 1 heterocycles. The van der Waals surface area contributed by atoms with Crippen molar-refractivity contribution in [2.75, 3.05) is 19.0 Å². The molecule has 2 aromatic carbocycles. The van der Waals surface area contributed by atoms with Gasteiger partial charge in [0.05, 0.1) is 19.3 Å². The van der Waals surface area contributed by atoms with Gasteiger partial charge in [0.1, 0.15) is 5.75 Å². The summed E-state index contributed by atoms with van der Waals surface area (Å²) in [4.78, 5) is 12.3. The smallest absolute Gasteiger partial charge is 0.239 e. The van der Waals surface area contributed by atoms with E-state index < -0.39 is 0 Å². The van der Waals surface area contributed by atoms with E-state index in [9.17, 15) is 4.79 Å². The third-order valence-corrected chi connectivity index (χ3v) is 4.06. The van der Waals surface area contributed by atoms with Crippen LogP contribution in [-0.4, -0.2) is 35.4 Å². The van der Waals surface area contributed by atoms with Crippen LogP contribution in [-0.2, 0) is 4.79 Å². The highest BCUT2D eigenvalue weighted by molar-refractivity contribution is 5.95. The van der Waals surface area contributed by atoms with E-state index >= 15 is 0 Å². The van der Waals surface area contributed by atoms with Crippen LogP contribution in [0, 0.1) is 0 Å². The Balaban J connectivity index is 1.93. The average Bonchev–Trinajstić information content (AvgIpc) is 3.11. The molecule has 0 spiro atoms. The number of carbonyl (C=O) groups excluding carboxylic acids is 1. The third-order valence-electron chi connectivity index (χ3n) is 4.06. The van der Waals surface area contributed by atoms with Crippen molar-refractivity contribution in [1.82, 2.24) is 15.1 Å².